The molecule has 2 N–H and O–H groups in total. The minimum Gasteiger partial charge on any atom is -0.478 e. The third kappa shape index (κ3) is 4.90. The smallest absolute Gasteiger partial charge is 0.335 e. The Labute approximate surface area is 163 Å². The standard InChI is InChI=1S/C21H23NO4S/c23-11-12-27-19-8-6-15(7-9-19)20(24)22-10-2-5-18(14-22)16-3-1-4-17(13-16)21(25)26/h1,3-4,6-9,13,18,23H,2,5,10-12,14H2,(H,25,26)/t18-/m0/s1. The fourth-order valence-corrected chi connectivity index (χ4v) is 4.05. The highest BCUT2D eigenvalue weighted by Gasteiger charge is 2.26. The van der Waals surface area contributed by atoms with Crippen molar-refractivity contribution in [2.45, 2.75) is 23.7 Å². The molecule has 6 heteroatoms. The number of aliphatic hydroxyl groups is 1. The molecule has 1 amide bonds. The lowest BCUT2D eigenvalue weighted by Crippen LogP contribution is -2.39. The maximum atomic E-state index is 12.9. The maximum absolute atomic E-state index is 12.9. The summed E-state index contributed by atoms with van der Waals surface area (Å²) in [7, 11) is 0. The molecule has 1 atom stereocenters. The van der Waals surface area contributed by atoms with Crippen molar-refractivity contribution in [2.24, 2.45) is 0 Å². The molecule has 3 rings (SSSR count). The lowest BCUT2D eigenvalue weighted by atomic mass is 9.89. The number of carbonyl (C=O) groups excluding carboxylic acids is 1. The van der Waals surface area contributed by atoms with Gasteiger partial charge in [-0.2, -0.15) is 0 Å². The predicted octanol–water partition coefficient (Wildman–Crippen LogP) is 3.49. The Kier molecular flexibility index (Phi) is 6.53. The van der Waals surface area contributed by atoms with Gasteiger partial charge in [0.25, 0.3) is 5.91 Å². The first kappa shape index (κ1) is 19.5. The summed E-state index contributed by atoms with van der Waals surface area (Å²) in [5.74, 6) is -0.134. The summed E-state index contributed by atoms with van der Waals surface area (Å²) in [6.45, 7) is 1.45. The first-order valence-corrected chi connectivity index (χ1v) is 10.0. The van der Waals surface area contributed by atoms with Gasteiger partial charge in [-0.25, -0.2) is 4.79 Å². The van der Waals surface area contributed by atoms with Crippen LogP contribution < -0.4 is 0 Å². The Morgan fingerprint density at radius 2 is 1.89 bits per heavy atom. The van der Waals surface area contributed by atoms with Crippen LogP contribution in [-0.4, -0.2) is 52.4 Å². The summed E-state index contributed by atoms with van der Waals surface area (Å²) in [5, 5.41) is 18.1. The minimum atomic E-state index is -0.931. The van der Waals surface area contributed by atoms with Crippen LogP contribution in [-0.2, 0) is 0 Å². The highest BCUT2D eigenvalue weighted by atomic mass is 32.2. The van der Waals surface area contributed by atoms with Crippen LogP contribution in [0.5, 0.6) is 0 Å². The quantitative estimate of drug-likeness (QED) is 0.745. The van der Waals surface area contributed by atoms with Gasteiger partial charge in [-0.1, -0.05) is 12.1 Å². The Morgan fingerprint density at radius 3 is 2.59 bits per heavy atom. The third-order valence-electron chi connectivity index (χ3n) is 4.77. The second-order valence-electron chi connectivity index (χ2n) is 6.62. The van der Waals surface area contributed by atoms with E-state index in [0.717, 1.165) is 29.8 Å². The topological polar surface area (TPSA) is 77.8 Å². The van der Waals surface area contributed by atoms with Crippen LogP contribution in [0.1, 0.15) is 45.0 Å². The molecule has 0 radical (unpaired) electrons. The number of benzene rings is 2. The molecule has 142 valence electrons. The van der Waals surface area contributed by atoms with Gasteiger partial charge in [0, 0.05) is 35.2 Å². The lowest BCUT2D eigenvalue weighted by molar-refractivity contribution is 0.0688. The van der Waals surface area contributed by atoms with E-state index in [-0.39, 0.29) is 24.0 Å². The van der Waals surface area contributed by atoms with Crippen LogP contribution in [0, 0.1) is 0 Å². The van der Waals surface area contributed by atoms with Gasteiger partial charge in [0.2, 0.25) is 0 Å². The number of likely N-dealkylation sites (tertiary alicyclic amines) is 1. The van der Waals surface area contributed by atoms with Gasteiger partial charge in [0.15, 0.2) is 0 Å². The van der Waals surface area contributed by atoms with Crippen molar-refractivity contribution in [1.82, 2.24) is 4.90 Å². The molecule has 0 aromatic heterocycles. The van der Waals surface area contributed by atoms with E-state index < -0.39 is 5.97 Å². The van der Waals surface area contributed by atoms with Crippen molar-refractivity contribution >= 4 is 23.6 Å². The fourth-order valence-electron chi connectivity index (χ4n) is 3.40. The monoisotopic (exact) mass is 385 g/mol. The Morgan fingerprint density at radius 1 is 1.11 bits per heavy atom. The van der Waals surface area contributed by atoms with Gasteiger partial charge in [-0.3, -0.25) is 4.79 Å². The summed E-state index contributed by atoms with van der Waals surface area (Å²) in [4.78, 5) is 27.0. The molecule has 5 nitrogen and oxygen atoms in total. The molecule has 0 bridgehead atoms. The SMILES string of the molecule is O=C(O)c1cccc([C@H]2CCCN(C(=O)c3ccc(SCCO)cc3)C2)c1. The molecule has 1 aliphatic rings. The van der Waals surface area contributed by atoms with Crippen LogP contribution in [0.25, 0.3) is 0 Å². The summed E-state index contributed by atoms with van der Waals surface area (Å²) >= 11 is 1.55. The van der Waals surface area contributed by atoms with Crippen molar-refractivity contribution in [1.29, 1.82) is 0 Å². The summed E-state index contributed by atoms with van der Waals surface area (Å²) in [5.41, 5.74) is 1.92. The van der Waals surface area contributed by atoms with Crippen LogP contribution in [0.2, 0.25) is 0 Å². The number of amides is 1. The molecule has 0 saturated carbocycles. The van der Waals surface area contributed by atoms with Crippen molar-refractivity contribution < 1.29 is 19.8 Å². The third-order valence-corrected chi connectivity index (χ3v) is 5.77. The number of carbonyl (C=O) groups is 2. The zero-order valence-electron chi connectivity index (χ0n) is 15.0. The van der Waals surface area contributed by atoms with E-state index >= 15 is 0 Å². The molecule has 1 saturated heterocycles. The molecule has 1 heterocycles. The molecule has 2 aromatic carbocycles. The van der Waals surface area contributed by atoms with Crippen LogP contribution in [0.3, 0.4) is 0 Å². The second-order valence-corrected chi connectivity index (χ2v) is 7.79. The van der Waals surface area contributed by atoms with Gasteiger partial charge in [0.05, 0.1) is 12.2 Å². The minimum absolute atomic E-state index is 0.00722. The number of piperidine rings is 1. The lowest BCUT2D eigenvalue weighted by Gasteiger charge is -2.33. The van der Waals surface area contributed by atoms with Crippen molar-refractivity contribution in [3.8, 4) is 0 Å². The molecule has 27 heavy (non-hydrogen) atoms. The number of carboxylic acids is 1. The number of hydrogen-bond donors (Lipinski definition) is 2. The summed E-state index contributed by atoms with van der Waals surface area (Å²) < 4.78 is 0. The largest absolute Gasteiger partial charge is 0.478 e. The number of thioether (sulfide) groups is 1. The number of nitrogens with zero attached hydrogens (tertiary/aromatic N) is 1. The molecular weight excluding hydrogens is 362 g/mol. The van der Waals surface area contributed by atoms with Crippen LogP contribution in [0.4, 0.5) is 0 Å². The fraction of sp³-hybridized carbons (Fsp3) is 0.333. The van der Waals surface area contributed by atoms with E-state index in [0.29, 0.717) is 17.9 Å². The maximum Gasteiger partial charge on any atom is 0.335 e. The molecule has 1 fully saturated rings. The first-order valence-electron chi connectivity index (χ1n) is 9.04. The summed E-state index contributed by atoms with van der Waals surface area (Å²) in [6.07, 6.45) is 1.85. The van der Waals surface area contributed by atoms with Gasteiger partial charge in [-0.05, 0) is 54.8 Å². The van der Waals surface area contributed by atoms with Gasteiger partial charge in [0.1, 0.15) is 0 Å². The average molecular weight is 385 g/mol. The zero-order valence-corrected chi connectivity index (χ0v) is 15.8. The molecule has 0 spiro atoms. The van der Waals surface area contributed by atoms with E-state index in [2.05, 4.69) is 0 Å². The predicted molar refractivity (Wildman–Crippen MR) is 106 cm³/mol. The highest BCUT2D eigenvalue weighted by Crippen LogP contribution is 2.28. The number of aromatic carboxylic acids is 1. The molecule has 2 aromatic rings. The van der Waals surface area contributed by atoms with Gasteiger partial charge >= 0.3 is 5.97 Å². The van der Waals surface area contributed by atoms with Gasteiger partial charge in [-0.15, -0.1) is 11.8 Å². The van der Waals surface area contributed by atoms with E-state index in [1.165, 1.54) is 0 Å². The molecule has 1 aliphatic heterocycles. The van der Waals surface area contributed by atoms with Crippen molar-refractivity contribution in [3.63, 3.8) is 0 Å². The number of rotatable bonds is 6. The molecule has 0 unspecified atom stereocenters. The van der Waals surface area contributed by atoms with E-state index in [9.17, 15) is 14.7 Å². The van der Waals surface area contributed by atoms with Gasteiger partial charge < -0.3 is 15.1 Å². The molecule has 0 aliphatic carbocycles. The second kappa shape index (κ2) is 9.06. The number of aliphatic hydroxyl groups excluding tert-OH is 1. The first-order chi connectivity index (χ1) is 13.1. The van der Waals surface area contributed by atoms with Crippen molar-refractivity contribution in [2.75, 3.05) is 25.4 Å². The molecular formula is C21H23NO4S. The Bertz CT molecular complexity index is 806. The highest BCUT2D eigenvalue weighted by molar-refractivity contribution is 7.99. The van der Waals surface area contributed by atoms with E-state index in [4.69, 9.17) is 5.11 Å². The number of hydrogen-bond acceptors (Lipinski definition) is 4. The van der Waals surface area contributed by atoms with Crippen LogP contribution >= 0.6 is 11.8 Å². The van der Waals surface area contributed by atoms with E-state index in [1.807, 2.05) is 35.2 Å². The van der Waals surface area contributed by atoms with Crippen LogP contribution in [0.15, 0.2) is 53.4 Å². The van der Waals surface area contributed by atoms with Crippen molar-refractivity contribution in [3.05, 3.63) is 65.2 Å². The zero-order chi connectivity index (χ0) is 19.2. The average Bonchev–Trinajstić information content (AvgIpc) is 2.72. The Hall–Kier alpha value is -2.31. The summed E-state index contributed by atoms with van der Waals surface area (Å²) in [6, 6.07) is 14.5. The Balaban J connectivity index is 1.69. The number of carboxylic acid groups (broad SMARTS) is 1. The normalized spacial score (nSPS) is 16.9. The van der Waals surface area contributed by atoms with E-state index in [1.54, 1.807) is 30.0 Å².